The van der Waals surface area contributed by atoms with Gasteiger partial charge in [0.05, 0.1) is 12.5 Å². The van der Waals surface area contributed by atoms with Crippen LogP contribution in [0.2, 0.25) is 0 Å². The molecule has 0 saturated carbocycles. The summed E-state index contributed by atoms with van der Waals surface area (Å²) in [6, 6.07) is 10.2. The summed E-state index contributed by atoms with van der Waals surface area (Å²) in [6.45, 7) is 0. The number of aliphatic hydroxyl groups is 1. The second-order valence-corrected chi connectivity index (χ2v) is 4.87. The molecule has 0 bridgehead atoms. The highest BCUT2D eigenvalue weighted by Gasteiger charge is 2.32. The van der Waals surface area contributed by atoms with Gasteiger partial charge in [-0.3, -0.25) is 0 Å². The largest absolute Gasteiger partial charge is 0.391 e. The molecule has 2 aromatic carbocycles. The number of hydrogen-bond acceptors (Lipinski definition) is 1. The van der Waals surface area contributed by atoms with Crippen LogP contribution in [0.4, 0.5) is 13.2 Å². The Hall–Kier alpha value is -1.07. The van der Waals surface area contributed by atoms with E-state index in [1.807, 2.05) is 0 Å². The lowest BCUT2D eigenvalue weighted by Crippen LogP contribution is -2.13. The molecule has 0 aliphatic heterocycles. The SMILES string of the molecule is OC(CC(F)(F)F)c1ccc(Br)c2ccccc12. The van der Waals surface area contributed by atoms with E-state index in [9.17, 15) is 18.3 Å². The maximum absolute atomic E-state index is 12.3. The number of fused-ring (bicyclic) bond motifs is 1. The number of rotatable bonds is 2. The standard InChI is InChI=1S/C13H10BrF3O/c14-11-6-5-10(12(18)7-13(15,16)17)8-3-1-2-4-9(8)11/h1-6,12,18H,7H2. The van der Waals surface area contributed by atoms with Gasteiger partial charge in [0.15, 0.2) is 0 Å². The lowest BCUT2D eigenvalue weighted by atomic mass is 9.98. The van der Waals surface area contributed by atoms with Crippen LogP contribution in [0.15, 0.2) is 40.9 Å². The molecule has 1 nitrogen and oxygen atoms in total. The van der Waals surface area contributed by atoms with E-state index in [0.717, 1.165) is 9.86 Å². The Morgan fingerprint density at radius 1 is 1.06 bits per heavy atom. The van der Waals surface area contributed by atoms with Gasteiger partial charge in [-0.2, -0.15) is 13.2 Å². The molecule has 0 aliphatic carbocycles. The zero-order valence-corrected chi connectivity index (χ0v) is 10.8. The lowest BCUT2D eigenvalue weighted by molar-refractivity contribution is -0.154. The van der Waals surface area contributed by atoms with Gasteiger partial charge >= 0.3 is 6.18 Å². The molecule has 2 rings (SSSR count). The Morgan fingerprint density at radius 2 is 1.67 bits per heavy atom. The summed E-state index contributed by atoms with van der Waals surface area (Å²) in [5.74, 6) is 0. The quantitative estimate of drug-likeness (QED) is 0.858. The predicted molar refractivity (Wildman–Crippen MR) is 67.3 cm³/mol. The van der Waals surface area contributed by atoms with Gasteiger partial charge in [-0.25, -0.2) is 0 Å². The third-order valence-corrected chi connectivity index (χ3v) is 3.38. The lowest BCUT2D eigenvalue weighted by Gasteiger charge is -2.16. The average Bonchev–Trinajstić information content (AvgIpc) is 2.27. The summed E-state index contributed by atoms with van der Waals surface area (Å²) < 4.78 is 37.7. The van der Waals surface area contributed by atoms with Crippen LogP contribution in [0.3, 0.4) is 0 Å². The van der Waals surface area contributed by atoms with Crippen molar-refractivity contribution >= 4 is 26.7 Å². The topological polar surface area (TPSA) is 20.2 Å². The first-order valence-electron chi connectivity index (χ1n) is 5.30. The maximum Gasteiger partial charge on any atom is 0.391 e. The van der Waals surface area contributed by atoms with Crippen LogP contribution in [-0.4, -0.2) is 11.3 Å². The van der Waals surface area contributed by atoms with E-state index in [4.69, 9.17) is 0 Å². The van der Waals surface area contributed by atoms with Gasteiger partial charge in [0.2, 0.25) is 0 Å². The van der Waals surface area contributed by atoms with Crippen molar-refractivity contribution in [3.8, 4) is 0 Å². The maximum atomic E-state index is 12.3. The molecule has 0 heterocycles. The first-order chi connectivity index (χ1) is 8.38. The third kappa shape index (κ3) is 2.84. The van der Waals surface area contributed by atoms with Gasteiger partial charge in [0.1, 0.15) is 0 Å². The second-order valence-electron chi connectivity index (χ2n) is 4.02. The fourth-order valence-corrected chi connectivity index (χ4v) is 2.38. The molecule has 0 radical (unpaired) electrons. The van der Waals surface area contributed by atoms with Crippen LogP contribution in [0.25, 0.3) is 10.8 Å². The molecule has 0 saturated heterocycles. The van der Waals surface area contributed by atoms with Crippen LogP contribution in [0.1, 0.15) is 18.1 Å². The molecule has 1 unspecified atom stereocenters. The van der Waals surface area contributed by atoms with E-state index < -0.39 is 18.7 Å². The van der Waals surface area contributed by atoms with Crippen LogP contribution in [0, 0.1) is 0 Å². The van der Waals surface area contributed by atoms with E-state index in [2.05, 4.69) is 15.9 Å². The first kappa shape index (κ1) is 13.4. The molecular weight excluding hydrogens is 309 g/mol. The minimum absolute atomic E-state index is 0.297. The smallest absolute Gasteiger partial charge is 0.388 e. The molecule has 1 N–H and O–H groups in total. The summed E-state index contributed by atoms with van der Waals surface area (Å²) in [5, 5.41) is 11.1. The van der Waals surface area contributed by atoms with Crippen molar-refractivity contribution in [2.75, 3.05) is 0 Å². The van der Waals surface area contributed by atoms with Gasteiger partial charge in [-0.1, -0.05) is 46.3 Å². The molecule has 0 fully saturated rings. The van der Waals surface area contributed by atoms with Crippen molar-refractivity contribution in [1.82, 2.24) is 0 Å². The number of hydrogen-bond donors (Lipinski definition) is 1. The molecule has 1 atom stereocenters. The number of halogens is 4. The Balaban J connectivity index is 2.49. The highest BCUT2D eigenvalue weighted by molar-refractivity contribution is 9.10. The fourth-order valence-electron chi connectivity index (χ4n) is 1.91. The minimum Gasteiger partial charge on any atom is -0.388 e. The molecule has 96 valence electrons. The third-order valence-electron chi connectivity index (χ3n) is 2.69. The van der Waals surface area contributed by atoms with E-state index in [1.165, 1.54) is 6.07 Å². The average molecular weight is 319 g/mol. The second kappa shape index (κ2) is 4.90. The predicted octanol–water partition coefficient (Wildman–Crippen LogP) is 4.59. The zero-order valence-electron chi connectivity index (χ0n) is 9.21. The van der Waals surface area contributed by atoms with Gasteiger partial charge in [-0.15, -0.1) is 0 Å². The Morgan fingerprint density at radius 3 is 2.28 bits per heavy atom. The van der Waals surface area contributed by atoms with Gasteiger partial charge < -0.3 is 5.11 Å². The molecule has 2 aromatic rings. The van der Waals surface area contributed by atoms with E-state index in [-0.39, 0.29) is 0 Å². The number of aliphatic hydroxyl groups excluding tert-OH is 1. The van der Waals surface area contributed by atoms with Gasteiger partial charge in [-0.05, 0) is 22.4 Å². The van der Waals surface area contributed by atoms with Crippen molar-refractivity contribution < 1.29 is 18.3 Å². The van der Waals surface area contributed by atoms with Gasteiger partial charge in [0.25, 0.3) is 0 Å². The van der Waals surface area contributed by atoms with Crippen LogP contribution < -0.4 is 0 Å². The molecule has 5 heteroatoms. The summed E-state index contributed by atoms with van der Waals surface area (Å²) in [5.41, 5.74) is 0.297. The van der Waals surface area contributed by atoms with Crippen LogP contribution >= 0.6 is 15.9 Å². The van der Waals surface area contributed by atoms with Crippen molar-refractivity contribution in [3.05, 3.63) is 46.4 Å². The normalized spacial score (nSPS) is 13.8. The van der Waals surface area contributed by atoms with E-state index in [1.54, 1.807) is 30.3 Å². The Bertz CT molecular complexity index is 566. The number of benzene rings is 2. The highest BCUT2D eigenvalue weighted by atomic mass is 79.9. The molecule has 0 spiro atoms. The zero-order chi connectivity index (χ0) is 13.3. The number of alkyl halides is 3. The molecule has 18 heavy (non-hydrogen) atoms. The van der Waals surface area contributed by atoms with Crippen molar-refractivity contribution in [1.29, 1.82) is 0 Å². The molecule has 0 aromatic heterocycles. The summed E-state index contributed by atoms with van der Waals surface area (Å²) in [6.07, 6.45) is -7.16. The summed E-state index contributed by atoms with van der Waals surface area (Å²) in [7, 11) is 0. The van der Waals surface area contributed by atoms with E-state index >= 15 is 0 Å². The summed E-state index contributed by atoms with van der Waals surface area (Å²) in [4.78, 5) is 0. The molecule has 0 aliphatic rings. The monoisotopic (exact) mass is 318 g/mol. The fraction of sp³-hybridized carbons (Fsp3) is 0.231. The van der Waals surface area contributed by atoms with Crippen molar-refractivity contribution in [2.45, 2.75) is 18.7 Å². The molecular formula is C13H10BrF3O. The summed E-state index contributed by atoms with van der Waals surface area (Å²) >= 11 is 3.34. The molecule has 0 amide bonds. The first-order valence-corrected chi connectivity index (χ1v) is 6.10. The van der Waals surface area contributed by atoms with Crippen molar-refractivity contribution in [3.63, 3.8) is 0 Å². The Kier molecular flexibility index (Phi) is 3.64. The van der Waals surface area contributed by atoms with E-state index in [0.29, 0.717) is 10.9 Å². The highest BCUT2D eigenvalue weighted by Crippen LogP contribution is 2.35. The minimum atomic E-state index is -4.38. The Labute approximate surface area is 110 Å². The van der Waals surface area contributed by atoms with Crippen molar-refractivity contribution in [2.24, 2.45) is 0 Å². The van der Waals surface area contributed by atoms with Crippen LogP contribution in [0.5, 0.6) is 0 Å². The van der Waals surface area contributed by atoms with Gasteiger partial charge in [0, 0.05) is 4.47 Å². The van der Waals surface area contributed by atoms with Crippen LogP contribution in [-0.2, 0) is 0 Å².